The van der Waals surface area contributed by atoms with Gasteiger partial charge in [0, 0.05) is 29.0 Å². The van der Waals surface area contributed by atoms with E-state index >= 15 is 0 Å². The Morgan fingerprint density at radius 1 is 1.00 bits per heavy atom. The van der Waals surface area contributed by atoms with Crippen molar-refractivity contribution in [3.8, 4) is 17.2 Å². The molecule has 1 fully saturated rings. The molecular formula is C22H22BrNO5. The van der Waals surface area contributed by atoms with E-state index in [2.05, 4.69) is 15.9 Å². The van der Waals surface area contributed by atoms with Crippen LogP contribution in [0.5, 0.6) is 17.2 Å². The van der Waals surface area contributed by atoms with Gasteiger partial charge in [-0.15, -0.1) is 0 Å². The van der Waals surface area contributed by atoms with Crippen molar-refractivity contribution in [1.29, 1.82) is 0 Å². The summed E-state index contributed by atoms with van der Waals surface area (Å²) in [6.45, 7) is 2.14. The van der Waals surface area contributed by atoms with Gasteiger partial charge in [-0.1, -0.05) is 15.9 Å². The Balaban J connectivity index is 1.29. The highest BCUT2D eigenvalue weighted by molar-refractivity contribution is 9.10. The molecular weight excluding hydrogens is 438 g/mol. The van der Waals surface area contributed by atoms with Crippen molar-refractivity contribution in [2.24, 2.45) is 5.92 Å². The molecule has 0 spiro atoms. The van der Waals surface area contributed by atoms with Gasteiger partial charge in [0.2, 0.25) is 0 Å². The molecule has 1 amide bonds. The Morgan fingerprint density at radius 3 is 2.41 bits per heavy atom. The number of likely N-dealkylation sites (tertiary alicyclic amines) is 1. The first-order chi connectivity index (χ1) is 14.1. The molecule has 0 aliphatic carbocycles. The average molecular weight is 460 g/mol. The van der Waals surface area contributed by atoms with E-state index < -0.39 is 0 Å². The zero-order chi connectivity index (χ0) is 20.2. The third-order valence-corrected chi connectivity index (χ3v) is 5.75. The van der Waals surface area contributed by atoms with Crippen molar-refractivity contribution in [3.05, 3.63) is 52.5 Å². The number of ketones is 1. The molecule has 29 heavy (non-hydrogen) atoms. The van der Waals surface area contributed by atoms with E-state index in [1.807, 2.05) is 24.3 Å². The number of fused-ring (bicyclic) bond motifs is 1. The van der Waals surface area contributed by atoms with Crippen LogP contribution in [0.3, 0.4) is 0 Å². The zero-order valence-corrected chi connectivity index (χ0v) is 17.5. The third-order valence-electron chi connectivity index (χ3n) is 5.22. The fourth-order valence-corrected chi connectivity index (χ4v) is 3.85. The predicted molar refractivity (Wildman–Crippen MR) is 111 cm³/mol. The molecule has 4 rings (SSSR count). The summed E-state index contributed by atoms with van der Waals surface area (Å²) in [5, 5.41) is 0. The van der Waals surface area contributed by atoms with E-state index in [4.69, 9.17) is 14.2 Å². The lowest BCUT2D eigenvalue weighted by molar-refractivity contribution is -0.134. The highest BCUT2D eigenvalue weighted by Crippen LogP contribution is 2.32. The number of benzene rings is 2. The van der Waals surface area contributed by atoms with Crippen molar-refractivity contribution in [3.63, 3.8) is 0 Å². The fourth-order valence-electron chi connectivity index (χ4n) is 3.59. The number of Topliss-reactive ketones (excluding diaryl/α,β-unsaturated/α-hetero) is 1. The maximum Gasteiger partial charge on any atom is 0.260 e. The fraction of sp³-hybridized carbons (Fsp3) is 0.364. The highest BCUT2D eigenvalue weighted by Gasteiger charge is 2.29. The number of rotatable bonds is 5. The number of carbonyl (C=O) groups is 2. The smallest absolute Gasteiger partial charge is 0.260 e. The van der Waals surface area contributed by atoms with E-state index in [9.17, 15) is 9.59 Å². The van der Waals surface area contributed by atoms with E-state index in [0.717, 1.165) is 4.47 Å². The van der Waals surface area contributed by atoms with Gasteiger partial charge in [-0.25, -0.2) is 0 Å². The van der Waals surface area contributed by atoms with E-state index in [0.29, 0.717) is 62.0 Å². The largest absolute Gasteiger partial charge is 0.486 e. The quantitative estimate of drug-likeness (QED) is 0.637. The van der Waals surface area contributed by atoms with Crippen molar-refractivity contribution in [2.45, 2.75) is 12.8 Å². The second-order valence-electron chi connectivity index (χ2n) is 7.12. The Morgan fingerprint density at radius 2 is 1.69 bits per heavy atom. The molecule has 0 atom stereocenters. The topological polar surface area (TPSA) is 65.1 Å². The van der Waals surface area contributed by atoms with Crippen LogP contribution in [0.4, 0.5) is 0 Å². The molecule has 2 aromatic rings. The minimum atomic E-state index is -0.0889. The van der Waals surface area contributed by atoms with Crippen LogP contribution in [0.2, 0.25) is 0 Å². The predicted octanol–water partition coefficient (Wildman–Crippen LogP) is 3.72. The van der Waals surface area contributed by atoms with Crippen molar-refractivity contribution in [1.82, 2.24) is 4.90 Å². The standard InChI is InChI=1S/C22H22BrNO5/c23-17-2-4-18(5-3-17)29-14-21(25)24-9-7-15(8-10-24)22(26)16-1-6-19-20(13-16)28-12-11-27-19/h1-6,13,15H,7-12,14H2. The van der Waals surface area contributed by atoms with Crippen molar-refractivity contribution in [2.75, 3.05) is 32.9 Å². The summed E-state index contributed by atoms with van der Waals surface area (Å²) < 4.78 is 17.6. The average Bonchev–Trinajstić information content (AvgIpc) is 2.78. The van der Waals surface area contributed by atoms with Crippen LogP contribution in [0.25, 0.3) is 0 Å². The van der Waals surface area contributed by atoms with Gasteiger partial charge in [0.05, 0.1) is 0 Å². The highest BCUT2D eigenvalue weighted by atomic mass is 79.9. The number of hydrogen-bond acceptors (Lipinski definition) is 5. The Bertz CT molecular complexity index is 891. The molecule has 0 bridgehead atoms. The second kappa shape index (κ2) is 8.86. The number of nitrogens with zero attached hydrogens (tertiary/aromatic N) is 1. The van der Waals surface area contributed by atoms with Crippen LogP contribution in [0.1, 0.15) is 23.2 Å². The number of ether oxygens (including phenoxy) is 3. The van der Waals surface area contributed by atoms with E-state index in [1.54, 1.807) is 23.1 Å². The first-order valence-corrected chi connectivity index (χ1v) is 10.5. The molecule has 0 radical (unpaired) electrons. The molecule has 2 heterocycles. The molecule has 0 N–H and O–H groups in total. The van der Waals surface area contributed by atoms with Crippen LogP contribution in [-0.2, 0) is 4.79 Å². The first-order valence-electron chi connectivity index (χ1n) is 9.70. The number of carbonyl (C=O) groups excluding carboxylic acids is 2. The monoisotopic (exact) mass is 459 g/mol. The minimum absolute atomic E-state index is 0.00239. The van der Waals surface area contributed by atoms with Crippen LogP contribution in [0.15, 0.2) is 46.9 Å². The lowest BCUT2D eigenvalue weighted by Crippen LogP contribution is -2.42. The zero-order valence-electron chi connectivity index (χ0n) is 15.9. The Labute approximate surface area is 177 Å². The van der Waals surface area contributed by atoms with Gasteiger partial charge in [0.1, 0.15) is 19.0 Å². The summed E-state index contributed by atoms with van der Waals surface area (Å²) in [6, 6.07) is 12.7. The maximum absolute atomic E-state index is 12.9. The number of hydrogen-bond donors (Lipinski definition) is 0. The second-order valence-corrected chi connectivity index (χ2v) is 8.04. The van der Waals surface area contributed by atoms with E-state index in [-0.39, 0.29) is 24.2 Å². The van der Waals surface area contributed by atoms with Gasteiger partial charge in [0.25, 0.3) is 5.91 Å². The summed E-state index contributed by atoms with van der Waals surface area (Å²) in [7, 11) is 0. The van der Waals surface area contributed by atoms with E-state index in [1.165, 1.54) is 0 Å². The van der Waals surface area contributed by atoms with Gasteiger partial charge < -0.3 is 19.1 Å². The van der Waals surface area contributed by atoms with Crippen molar-refractivity contribution < 1.29 is 23.8 Å². The molecule has 0 saturated carbocycles. The minimum Gasteiger partial charge on any atom is -0.486 e. The van der Waals surface area contributed by atoms with Crippen LogP contribution < -0.4 is 14.2 Å². The van der Waals surface area contributed by atoms with Crippen molar-refractivity contribution >= 4 is 27.6 Å². The molecule has 2 aromatic carbocycles. The SMILES string of the molecule is O=C(c1ccc2c(c1)OCCO2)C1CCN(C(=O)COc2ccc(Br)cc2)CC1. The first kappa shape index (κ1) is 19.8. The molecule has 152 valence electrons. The molecule has 0 aromatic heterocycles. The number of piperidine rings is 1. The summed E-state index contributed by atoms with van der Waals surface area (Å²) in [6.07, 6.45) is 1.30. The summed E-state index contributed by atoms with van der Waals surface area (Å²) in [5.41, 5.74) is 0.637. The number of halogens is 1. The van der Waals surface area contributed by atoms with Crippen LogP contribution in [-0.4, -0.2) is 49.5 Å². The molecule has 7 heteroatoms. The summed E-state index contributed by atoms with van der Waals surface area (Å²) in [4.78, 5) is 27.1. The summed E-state index contributed by atoms with van der Waals surface area (Å²) in [5.74, 6) is 1.91. The van der Waals surface area contributed by atoms with Gasteiger partial charge in [-0.3, -0.25) is 9.59 Å². The summed E-state index contributed by atoms with van der Waals surface area (Å²) >= 11 is 3.37. The van der Waals surface area contributed by atoms with Gasteiger partial charge >= 0.3 is 0 Å². The maximum atomic E-state index is 12.9. The van der Waals surface area contributed by atoms with Gasteiger partial charge in [0.15, 0.2) is 23.9 Å². The Kier molecular flexibility index (Phi) is 6.04. The third kappa shape index (κ3) is 4.72. The number of amides is 1. The molecule has 0 unspecified atom stereocenters. The van der Waals surface area contributed by atoms with Crippen LogP contribution >= 0.6 is 15.9 Å². The molecule has 2 aliphatic heterocycles. The lowest BCUT2D eigenvalue weighted by Gasteiger charge is -2.31. The lowest BCUT2D eigenvalue weighted by atomic mass is 9.88. The van der Waals surface area contributed by atoms with Crippen LogP contribution in [0, 0.1) is 5.92 Å². The molecule has 1 saturated heterocycles. The van der Waals surface area contributed by atoms with Gasteiger partial charge in [-0.2, -0.15) is 0 Å². The molecule has 2 aliphatic rings. The normalized spacial score (nSPS) is 16.4. The molecule has 6 nitrogen and oxygen atoms in total. The van der Waals surface area contributed by atoms with Gasteiger partial charge in [-0.05, 0) is 55.3 Å². The Hall–Kier alpha value is -2.54.